The number of rotatable bonds is 4. The third kappa shape index (κ3) is 3.40. The molecular weight excluding hydrogens is 285 g/mol. The topological polar surface area (TPSA) is 38.3 Å². The number of benzene rings is 2. The average molecular weight is 296 g/mol. The van der Waals surface area contributed by atoms with Crippen molar-refractivity contribution >= 4 is 39.8 Å². The van der Waals surface area contributed by atoms with Crippen LogP contribution >= 0.6 is 23.2 Å². The second kappa shape index (κ2) is 5.95. The maximum atomic E-state index is 11.3. The van der Waals surface area contributed by atoms with Crippen LogP contribution in [-0.2, 0) is 0 Å². The van der Waals surface area contributed by atoms with Crippen molar-refractivity contribution in [1.82, 2.24) is 0 Å². The van der Waals surface area contributed by atoms with Crippen LogP contribution in [0, 0.1) is 0 Å². The molecule has 2 aromatic carbocycles. The van der Waals surface area contributed by atoms with Crippen molar-refractivity contribution in [2.45, 2.75) is 0 Å². The maximum absolute atomic E-state index is 11.3. The molecule has 0 amide bonds. The predicted molar refractivity (Wildman–Crippen MR) is 77.9 cm³/mol. The molecule has 0 atom stereocenters. The fourth-order valence-corrected chi connectivity index (χ4v) is 1.96. The lowest BCUT2D eigenvalue weighted by atomic mass is 10.2. The Morgan fingerprint density at radius 2 is 1.84 bits per heavy atom. The van der Waals surface area contributed by atoms with Gasteiger partial charge in [-0.05, 0) is 54.1 Å². The molecule has 3 nitrogen and oxygen atoms in total. The van der Waals surface area contributed by atoms with Gasteiger partial charge in [0.1, 0.15) is 5.75 Å². The minimum atomic E-state index is -0.535. The minimum Gasteiger partial charge on any atom is -0.497 e. The number of carbonyl (C=O) groups is 1. The van der Waals surface area contributed by atoms with E-state index in [1.165, 1.54) is 0 Å². The van der Waals surface area contributed by atoms with Crippen molar-refractivity contribution in [2.24, 2.45) is 0 Å². The maximum Gasteiger partial charge on any atom is 0.254 e. The minimum absolute atomic E-state index is 0.377. The van der Waals surface area contributed by atoms with Gasteiger partial charge in [0, 0.05) is 10.7 Å². The van der Waals surface area contributed by atoms with E-state index in [2.05, 4.69) is 5.32 Å². The second-order valence-electron chi connectivity index (χ2n) is 3.82. The SMILES string of the molecule is COc1ccc(Nc2cc(Cl)ccc2C(=O)Cl)cc1. The molecule has 0 aliphatic carbocycles. The molecule has 2 rings (SSSR count). The third-order valence-electron chi connectivity index (χ3n) is 2.56. The van der Waals surface area contributed by atoms with Crippen LogP contribution in [0.25, 0.3) is 0 Å². The Morgan fingerprint density at radius 1 is 1.16 bits per heavy atom. The van der Waals surface area contributed by atoms with Gasteiger partial charge in [-0.15, -0.1) is 0 Å². The summed E-state index contributed by atoms with van der Waals surface area (Å²) in [6, 6.07) is 12.2. The zero-order valence-corrected chi connectivity index (χ0v) is 11.6. The first-order valence-electron chi connectivity index (χ1n) is 5.50. The highest BCUT2D eigenvalue weighted by Gasteiger charge is 2.09. The number of carbonyl (C=O) groups excluding carboxylic acids is 1. The number of anilines is 2. The van der Waals surface area contributed by atoms with Gasteiger partial charge in [-0.3, -0.25) is 4.79 Å². The van der Waals surface area contributed by atoms with Gasteiger partial charge in [0.15, 0.2) is 0 Å². The molecule has 0 heterocycles. The van der Waals surface area contributed by atoms with Gasteiger partial charge < -0.3 is 10.1 Å². The molecule has 0 aromatic heterocycles. The van der Waals surface area contributed by atoms with Gasteiger partial charge >= 0.3 is 0 Å². The van der Waals surface area contributed by atoms with E-state index in [0.29, 0.717) is 16.3 Å². The number of hydrogen-bond donors (Lipinski definition) is 1. The van der Waals surface area contributed by atoms with Crippen molar-refractivity contribution in [3.05, 3.63) is 53.1 Å². The average Bonchev–Trinajstić information content (AvgIpc) is 2.39. The number of hydrogen-bond acceptors (Lipinski definition) is 3. The monoisotopic (exact) mass is 295 g/mol. The summed E-state index contributed by atoms with van der Waals surface area (Å²) in [4.78, 5) is 11.3. The van der Waals surface area contributed by atoms with Crippen molar-refractivity contribution < 1.29 is 9.53 Å². The van der Waals surface area contributed by atoms with Crippen molar-refractivity contribution in [3.63, 3.8) is 0 Å². The summed E-state index contributed by atoms with van der Waals surface area (Å²) in [5, 5.41) is 3.09. The molecule has 0 spiro atoms. The van der Waals surface area contributed by atoms with Gasteiger partial charge in [-0.2, -0.15) is 0 Å². The molecule has 19 heavy (non-hydrogen) atoms. The Morgan fingerprint density at radius 3 is 2.42 bits per heavy atom. The largest absolute Gasteiger partial charge is 0.497 e. The molecule has 0 saturated carbocycles. The molecule has 0 fully saturated rings. The number of halogens is 2. The molecule has 0 unspecified atom stereocenters. The summed E-state index contributed by atoms with van der Waals surface area (Å²) in [5.74, 6) is 0.755. The molecule has 0 radical (unpaired) electrons. The van der Waals surface area contributed by atoms with Crippen LogP contribution < -0.4 is 10.1 Å². The van der Waals surface area contributed by atoms with E-state index in [0.717, 1.165) is 11.4 Å². The molecule has 98 valence electrons. The highest BCUT2D eigenvalue weighted by molar-refractivity contribution is 6.68. The second-order valence-corrected chi connectivity index (χ2v) is 4.60. The van der Waals surface area contributed by atoms with Crippen LogP contribution in [0.3, 0.4) is 0 Å². The lowest BCUT2D eigenvalue weighted by Crippen LogP contribution is -1.98. The van der Waals surface area contributed by atoms with Crippen molar-refractivity contribution in [3.8, 4) is 5.75 Å². The molecule has 5 heteroatoms. The van der Waals surface area contributed by atoms with Gasteiger partial charge in [0.05, 0.1) is 18.4 Å². The summed E-state index contributed by atoms with van der Waals surface area (Å²) in [6.07, 6.45) is 0. The molecular formula is C14H11Cl2NO2. The summed E-state index contributed by atoms with van der Waals surface area (Å²) >= 11 is 11.5. The molecule has 0 saturated heterocycles. The van der Waals surface area contributed by atoms with Crippen molar-refractivity contribution in [1.29, 1.82) is 0 Å². The van der Waals surface area contributed by atoms with Gasteiger partial charge in [-0.25, -0.2) is 0 Å². The third-order valence-corrected chi connectivity index (χ3v) is 3.00. The number of ether oxygens (including phenoxy) is 1. The lowest BCUT2D eigenvalue weighted by molar-refractivity contribution is 0.108. The summed E-state index contributed by atoms with van der Waals surface area (Å²) in [7, 11) is 1.60. The number of nitrogens with one attached hydrogen (secondary N) is 1. The molecule has 0 bridgehead atoms. The van der Waals surface area contributed by atoms with Crippen molar-refractivity contribution in [2.75, 3.05) is 12.4 Å². The van der Waals surface area contributed by atoms with E-state index in [4.69, 9.17) is 27.9 Å². The summed E-state index contributed by atoms with van der Waals surface area (Å²) in [6.45, 7) is 0. The Kier molecular flexibility index (Phi) is 4.30. The van der Waals surface area contributed by atoms with E-state index in [-0.39, 0.29) is 0 Å². The first kappa shape index (κ1) is 13.7. The van der Waals surface area contributed by atoms with Crippen LogP contribution in [-0.4, -0.2) is 12.4 Å². The zero-order valence-electron chi connectivity index (χ0n) is 10.1. The molecule has 0 aliphatic heterocycles. The van der Waals surface area contributed by atoms with E-state index < -0.39 is 5.24 Å². The van der Waals surface area contributed by atoms with Gasteiger partial charge in [0.2, 0.25) is 0 Å². The van der Waals surface area contributed by atoms with Crippen LogP contribution in [0.1, 0.15) is 10.4 Å². The smallest absolute Gasteiger partial charge is 0.254 e. The standard InChI is InChI=1S/C14H11Cl2NO2/c1-19-11-5-3-10(4-6-11)17-13-8-9(15)2-7-12(13)14(16)18/h2-8,17H,1H3. The van der Waals surface area contributed by atoms with E-state index in [1.54, 1.807) is 25.3 Å². The summed E-state index contributed by atoms with van der Waals surface area (Å²) < 4.78 is 5.08. The Balaban J connectivity index is 2.31. The van der Waals surface area contributed by atoms with Crippen LogP contribution in [0.15, 0.2) is 42.5 Å². The first-order valence-corrected chi connectivity index (χ1v) is 6.26. The quantitative estimate of drug-likeness (QED) is 0.846. The highest BCUT2D eigenvalue weighted by atomic mass is 35.5. The first-order chi connectivity index (χ1) is 9.10. The predicted octanol–water partition coefficient (Wildman–Crippen LogP) is 4.47. The van der Waals surface area contributed by atoms with Crippen LogP contribution in [0.5, 0.6) is 5.75 Å². The van der Waals surface area contributed by atoms with E-state index in [9.17, 15) is 4.79 Å². The lowest BCUT2D eigenvalue weighted by Gasteiger charge is -2.10. The highest BCUT2D eigenvalue weighted by Crippen LogP contribution is 2.26. The van der Waals surface area contributed by atoms with Crippen LogP contribution in [0.2, 0.25) is 5.02 Å². The summed E-state index contributed by atoms with van der Waals surface area (Å²) in [5.41, 5.74) is 1.75. The van der Waals surface area contributed by atoms with E-state index in [1.807, 2.05) is 24.3 Å². The molecule has 2 aromatic rings. The molecule has 1 N–H and O–H groups in total. The normalized spacial score (nSPS) is 10.1. The van der Waals surface area contributed by atoms with Crippen LogP contribution in [0.4, 0.5) is 11.4 Å². The Hall–Kier alpha value is -1.71. The fraction of sp³-hybridized carbons (Fsp3) is 0.0714. The Labute approximate surface area is 121 Å². The van der Waals surface area contributed by atoms with E-state index >= 15 is 0 Å². The van der Waals surface area contributed by atoms with Gasteiger partial charge in [-0.1, -0.05) is 11.6 Å². The molecule has 0 aliphatic rings. The zero-order chi connectivity index (χ0) is 13.8. The number of methoxy groups -OCH3 is 1. The fourth-order valence-electron chi connectivity index (χ4n) is 1.62. The Bertz CT molecular complexity index is 597. The van der Waals surface area contributed by atoms with Gasteiger partial charge in [0.25, 0.3) is 5.24 Å².